The molecule has 0 aliphatic carbocycles. The van der Waals surface area contributed by atoms with Crippen molar-refractivity contribution in [2.75, 3.05) is 13.2 Å². The number of hydrogen-bond donors (Lipinski definition) is 6. The van der Waals surface area contributed by atoms with Crippen molar-refractivity contribution in [3.8, 4) is 0 Å². The first-order valence-electron chi connectivity index (χ1n) is 3.94. The molecule has 0 aromatic rings. The Hall–Kier alpha value is -0.0231. The maximum Gasteiger partial charge on any atom is 0.668 e. The van der Waals surface area contributed by atoms with Crippen molar-refractivity contribution in [1.29, 1.82) is 0 Å². The normalized spacial score (nSPS) is 9.23. The van der Waals surface area contributed by atoms with Gasteiger partial charge >= 0.3 is 9.05 Å². The van der Waals surface area contributed by atoms with Crippen LogP contribution in [0.4, 0.5) is 0 Å². The molecule has 0 aromatic carbocycles. The van der Waals surface area contributed by atoms with E-state index in [4.69, 9.17) is 29.4 Å². The monoisotopic (exact) mass is 216 g/mol. The third-order valence-corrected chi connectivity index (χ3v) is 0.447. The lowest BCUT2D eigenvalue weighted by molar-refractivity contribution is 0.117. The zero-order chi connectivity index (χ0) is 11.3. The molecule has 0 bridgehead atoms. The minimum absolute atomic E-state index is 0.319. The molecule has 0 aliphatic rings. The van der Waals surface area contributed by atoms with Gasteiger partial charge in [0.05, 0.1) is 0 Å². The van der Waals surface area contributed by atoms with Crippen LogP contribution in [-0.4, -0.2) is 51.7 Å². The van der Waals surface area contributed by atoms with Crippen LogP contribution in [0, 0.1) is 0 Å². The molecule has 6 N–H and O–H groups in total. The quantitative estimate of drug-likeness (QED) is 0.302. The maximum absolute atomic E-state index is 7.88. The van der Waals surface area contributed by atoms with Crippen LogP contribution in [0.5, 0.6) is 0 Å². The molecule has 0 heterocycles. The lowest BCUT2D eigenvalue weighted by Gasteiger charge is -1.91. The Kier molecular flexibility index (Phi) is 20.9. The molecule has 0 aromatic heterocycles. The fourth-order valence-electron chi connectivity index (χ4n) is 0. The first-order chi connectivity index (χ1) is 5.83. The molecule has 0 unspecified atom stereocenters. The highest BCUT2D eigenvalue weighted by Gasteiger charge is 2.22. The van der Waals surface area contributed by atoms with Crippen molar-refractivity contribution in [3.63, 3.8) is 0 Å². The van der Waals surface area contributed by atoms with Crippen LogP contribution in [0.25, 0.3) is 0 Å². The summed E-state index contributed by atoms with van der Waals surface area (Å²) >= 11 is 0. The standard InChI is InChI=1S/2C3H8O.H4O4Si/c2*1-2-3-4;1-5(2,3)4/h2*4H,2-3H2,1H3;1-4H. The van der Waals surface area contributed by atoms with Crippen molar-refractivity contribution in [3.05, 3.63) is 0 Å². The SMILES string of the molecule is CCCO.CCCO.O[Si](O)(O)O. The van der Waals surface area contributed by atoms with E-state index in [9.17, 15) is 0 Å². The van der Waals surface area contributed by atoms with Gasteiger partial charge in [-0.3, -0.25) is 0 Å². The maximum atomic E-state index is 7.88. The largest absolute Gasteiger partial charge is 0.668 e. The van der Waals surface area contributed by atoms with Gasteiger partial charge < -0.3 is 29.4 Å². The van der Waals surface area contributed by atoms with E-state index in [0.29, 0.717) is 13.2 Å². The third kappa shape index (κ3) is 305. The molecule has 84 valence electrons. The molecule has 0 saturated heterocycles. The zero-order valence-corrected chi connectivity index (χ0v) is 9.01. The summed E-state index contributed by atoms with van der Waals surface area (Å²) in [6.45, 7) is 4.50. The number of aliphatic hydroxyl groups is 2. The van der Waals surface area contributed by atoms with Gasteiger partial charge in [0.25, 0.3) is 0 Å². The number of hydrogen-bond acceptors (Lipinski definition) is 6. The molecule has 0 radical (unpaired) electrons. The minimum atomic E-state index is -4.61. The van der Waals surface area contributed by atoms with Gasteiger partial charge in [0, 0.05) is 13.2 Å². The van der Waals surface area contributed by atoms with Crippen LogP contribution >= 0.6 is 0 Å². The van der Waals surface area contributed by atoms with Gasteiger partial charge in [0.2, 0.25) is 0 Å². The highest BCUT2D eigenvalue weighted by atomic mass is 28.4. The summed E-state index contributed by atoms with van der Waals surface area (Å²) in [7, 11) is -4.61. The molecule has 0 fully saturated rings. The van der Waals surface area contributed by atoms with Crippen LogP contribution in [-0.2, 0) is 0 Å². The van der Waals surface area contributed by atoms with Crippen LogP contribution in [0.2, 0.25) is 0 Å². The predicted molar refractivity (Wildman–Crippen MR) is 49.4 cm³/mol. The van der Waals surface area contributed by atoms with E-state index < -0.39 is 9.05 Å². The Labute approximate surface area is 79.2 Å². The summed E-state index contributed by atoms with van der Waals surface area (Å²) in [4.78, 5) is 29.3. The number of aliphatic hydroxyl groups excluding tert-OH is 2. The summed E-state index contributed by atoms with van der Waals surface area (Å²) in [6, 6.07) is 0. The summed E-state index contributed by atoms with van der Waals surface area (Å²) < 4.78 is 0. The van der Waals surface area contributed by atoms with E-state index in [-0.39, 0.29) is 0 Å². The van der Waals surface area contributed by atoms with E-state index >= 15 is 0 Å². The second-order valence-electron chi connectivity index (χ2n) is 2.05. The van der Waals surface area contributed by atoms with Gasteiger partial charge in [0.15, 0.2) is 0 Å². The van der Waals surface area contributed by atoms with E-state index in [1.165, 1.54) is 0 Å². The fraction of sp³-hybridized carbons (Fsp3) is 1.00. The van der Waals surface area contributed by atoms with Crippen molar-refractivity contribution in [2.24, 2.45) is 0 Å². The fourth-order valence-corrected chi connectivity index (χ4v) is 0. The average Bonchev–Trinajstić information content (AvgIpc) is 2.01. The average molecular weight is 216 g/mol. The molecule has 6 nitrogen and oxygen atoms in total. The second kappa shape index (κ2) is 14.5. The van der Waals surface area contributed by atoms with Crippen molar-refractivity contribution >= 4 is 9.05 Å². The Bertz CT molecular complexity index is 60.0. The minimum Gasteiger partial charge on any atom is -0.396 e. The van der Waals surface area contributed by atoms with Gasteiger partial charge in [-0.05, 0) is 12.8 Å². The van der Waals surface area contributed by atoms with Gasteiger partial charge in [-0.1, -0.05) is 13.8 Å². The molecule has 13 heavy (non-hydrogen) atoms. The summed E-state index contributed by atoms with van der Waals surface area (Å²) in [5, 5.41) is 15.8. The highest BCUT2D eigenvalue weighted by molar-refractivity contribution is 6.46. The molecular weight excluding hydrogens is 196 g/mol. The first kappa shape index (κ1) is 18.7. The van der Waals surface area contributed by atoms with Crippen LogP contribution in [0.1, 0.15) is 26.7 Å². The van der Waals surface area contributed by atoms with E-state index in [0.717, 1.165) is 12.8 Å². The molecule has 0 rings (SSSR count). The lowest BCUT2D eigenvalue weighted by Crippen LogP contribution is -2.33. The molecule has 0 atom stereocenters. The molecular formula is C6H20O6Si. The zero-order valence-electron chi connectivity index (χ0n) is 8.01. The molecule has 0 amide bonds. The second-order valence-corrected chi connectivity index (χ2v) is 3.25. The van der Waals surface area contributed by atoms with Crippen molar-refractivity contribution in [2.45, 2.75) is 26.7 Å². The van der Waals surface area contributed by atoms with E-state index in [2.05, 4.69) is 0 Å². The van der Waals surface area contributed by atoms with Gasteiger partial charge in [-0.25, -0.2) is 0 Å². The summed E-state index contributed by atoms with van der Waals surface area (Å²) in [5.74, 6) is 0. The van der Waals surface area contributed by atoms with E-state index in [1.54, 1.807) is 0 Å². The number of rotatable bonds is 2. The Morgan fingerprint density at radius 3 is 0.846 bits per heavy atom. The van der Waals surface area contributed by atoms with Crippen LogP contribution in [0.15, 0.2) is 0 Å². The van der Waals surface area contributed by atoms with Crippen LogP contribution in [0.3, 0.4) is 0 Å². The van der Waals surface area contributed by atoms with Crippen molar-refractivity contribution < 1.29 is 29.4 Å². The predicted octanol–water partition coefficient (Wildman–Crippen LogP) is -1.83. The first-order valence-corrected chi connectivity index (χ1v) is 5.73. The topological polar surface area (TPSA) is 121 Å². The summed E-state index contributed by atoms with van der Waals surface area (Å²) in [5.41, 5.74) is 0. The Morgan fingerprint density at radius 2 is 0.846 bits per heavy atom. The summed E-state index contributed by atoms with van der Waals surface area (Å²) in [6.07, 6.45) is 1.75. The van der Waals surface area contributed by atoms with Gasteiger partial charge in [-0.15, -0.1) is 0 Å². The Balaban J connectivity index is -0.000000117. The van der Waals surface area contributed by atoms with Gasteiger partial charge in [0.1, 0.15) is 0 Å². The van der Waals surface area contributed by atoms with E-state index in [1.807, 2.05) is 13.8 Å². The molecule has 7 heteroatoms. The molecule has 0 spiro atoms. The molecule has 0 saturated carbocycles. The lowest BCUT2D eigenvalue weighted by atomic mass is 10.5. The molecule has 0 aliphatic heterocycles. The van der Waals surface area contributed by atoms with Gasteiger partial charge in [-0.2, -0.15) is 0 Å². The highest BCUT2D eigenvalue weighted by Crippen LogP contribution is 1.67. The van der Waals surface area contributed by atoms with Crippen LogP contribution < -0.4 is 0 Å². The Morgan fingerprint density at radius 1 is 0.769 bits per heavy atom. The van der Waals surface area contributed by atoms with Crippen molar-refractivity contribution in [1.82, 2.24) is 0 Å². The smallest absolute Gasteiger partial charge is 0.396 e. The third-order valence-electron chi connectivity index (χ3n) is 0.447.